The zero-order valence-electron chi connectivity index (χ0n) is 20.5. The van der Waals surface area contributed by atoms with Crippen molar-refractivity contribution in [2.75, 3.05) is 12.4 Å². The SMILES string of the molecule is COc1ccc2c(C)c(CCC(=O)Nc3ccccc3C(=O)N[C@H](C)c3ccccc3)c(=O)oc2c1. The second kappa shape index (κ2) is 10.9. The summed E-state index contributed by atoms with van der Waals surface area (Å²) in [5.41, 5.74) is 2.94. The van der Waals surface area contributed by atoms with Crippen molar-refractivity contribution < 1.29 is 18.7 Å². The van der Waals surface area contributed by atoms with E-state index < -0.39 is 5.63 Å². The maximum Gasteiger partial charge on any atom is 0.339 e. The molecule has 7 heteroatoms. The normalized spacial score (nSPS) is 11.6. The molecule has 0 bridgehead atoms. The maximum absolute atomic E-state index is 12.9. The fraction of sp³-hybridized carbons (Fsp3) is 0.207. The van der Waals surface area contributed by atoms with Crippen LogP contribution in [-0.4, -0.2) is 18.9 Å². The van der Waals surface area contributed by atoms with E-state index in [0.717, 1.165) is 16.5 Å². The van der Waals surface area contributed by atoms with Crippen molar-refractivity contribution in [2.24, 2.45) is 0 Å². The Bertz CT molecular complexity index is 1460. The van der Waals surface area contributed by atoms with E-state index in [-0.39, 0.29) is 30.7 Å². The third-order valence-corrected chi connectivity index (χ3v) is 6.19. The molecule has 3 aromatic carbocycles. The molecule has 0 saturated heterocycles. The fourth-order valence-electron chi connectivity index (χ4n) is 4.13. The minimum absolute atomic E-state index is 0.0592. The summed E-state index contributed by atoms with van der Waals surface area (Å²) in [5, 5.41) is 6.58. The Morgan fingerprint density at radius 3 is 2.47 bits per heavy atom. The monoisotopic (exact) mass is 484 g/mol. The van der Waals surface area contributed by atoms with Crippen molar-refractivity contribution in [1.82, 2.24) is 5.32 Å². The Morgan fingerprint density at radius 2 is 1.72 bits per heavy atom. The molecule has 36 heavy (non-hydrogen) atoms. The number of carbonyl (C=O) groups is 2. The average molecular weight is 485 g/mol. The first-order valence-corrected chi connectivity index (χ1v) is 11.7. The van der Waals surface area contributed by atoms with E-state index in [2.05, 4.69) is 10.6 Å². The molecule has 2 amide bonds. The molecule has 4 aromatic rings. The number of rotatable bonds is 8. The highest BCUT2D eigenvalue weighted by Gasteiger charge is 2.17. The van der Waals surface area contributed by atoms with Gasteiger partial charge in [-0.1, -0.05) is 42.5 Å². The van der Waals surface area contributed by atoms with E-state index in [0.29, 0.717) is 28.1 Å². The lowest BCUT2D eigenvalue weighted by Gasteiger charge is -2.16. The van der Waals surface area contributed by atoms with Crippen molar-refractivity contribution in [3.63, 3.8) is 0 Å². The highest BCUT2D eigenvalue weighted by molar-refractivity contribution is 6.03. The van der Waals surface area contributed by atoms with Crippen LogP contribution in [-0.2, 0) is 11.2 Å². The molecule has 0 radical (unpaired) electrons. The number of fused-ring (bicyclic) bond motifs is 1. The quantitative estimate of drug-likeness (QED) is 0.336. The summed E-state index contributed by atoms with van der Waals surface area (Å²) in [6.07, 6.45) is 0.269. The Kier molecular flexibility index (Phi) is 7.49. The van der Waals surface area contributed by atoms with Gasteiger partial charge in [0, 0.05) is 23.4 Å². The van der Waals surface area contributed by atoms with Crippen LogP contribution in [0.4, 0.5) is 5.69 Å². The van der Waals surface area contributed by atoms with E-state index in [1.807, 2.05) is 50.2 Å². The molecule has 0 aliphatic carbocycles. The van der Waals surface area contributed by atoms with Gasteiger partial charge in [0.2, 0.25) is 5.91 Å². The molecule has 1 heterocycles. The van der Waals surface area contributed by atoms with E-state index in [1.165, 1.54) is 0 Å². The third kappa shape index (κ3) is 5.46. The third-order valence-electron chi connectivity index (χ3n) is 6.19. The van der Waals surface area contributed by atoms with Crippen LogP contribution in [0.15, 0.2) is 82.0 Å². The van der Waals surface area contributed by atoms with Gasteiger partial charge in [-0.05, 0) is 55.7 Å². The fourth-order valence-corrected chi connectivity index (χ4v) is 4.13. The smallest absolute Gasteiger partial charge is 0.339 e. The van der Waals surface area contributed by atoms with Gasteiger partial charge in [-0.2, -0.15) is 0 Å². The van der Waals surface area contributed by atoms with Crippen molar-refractivity contribution in [3.05, 3.63) is 105 Å². The number of hydrogen-bond acceptors (Lipinski definition) is 5. The van der Waals surface area contributed by atoms with Crippen molar-refractivity contribution >= 4 is 28.5 Å². The Balaban J connectivity index is 1.45. The largest absolute Gasteiger partial charge is 0.497 e. The number of anilines is 1. The van der Waals surface area contributed by atoms with Gasteiger partial charge in [-0.25, -0.2) is 4.79 Å². The van der Waals surface area contributed by atoms with Crippen LogP contribution in [0.3, 0.4) is 0 Å². The molecule has 0 spiro atoms. The van der Waals surface area contributed by atoms with Gasteiger partial charge in [0.25, 0.3) is 5.91 Å². The summed E-state index contributed by atoms with van der Waals surface area (Å²) in [4.78, 5) is 38.3. The minimum atomic E-state index is -0.476. The Morgan fingerprint density at radius 1 is 1.00 bits per heavy atom. The van der Waals surface area contributed by atoms with Crippen LogP contribution < -0.4 is 21.0 Å². The Labute approximate surface area is 209 Å². The predicted molar refractivity (Wildman–Crippen MR) is 139 cm³/mol. The average Bonchev–Trinajstić information content (AvgIpc) is 2.88. The van der Waals surface area contributed by atoms with E-state index in [9.17, 15) is 14.4 Å². The number of methoxy groups -OCH3 is 1. The molecule has 0 unspecified atom stereocenters. The highest BCUT2D eigenvalue weighted by atomic mass is 16.5. The molecule has 0 aliphatic rings. The second-order valence-corrected chi connectivity index (χ2v) is 8.55. The summed E-state index contributed by atoms with van der Waals surface area (Å²) in [5.74, 6) is 0.00160. The number of para-hydroxylation sites is 1. The molecule has 2 N–H and O–H groups in total. The van der Waals surface area contributed by atoms with Gasteiger partial charge in [-0.15, -0.1) is 0 Å². The minimum Gasteiger partial charge on any atom is -0.497 e. The lowest BCUT2D eigenvalue weighted by atomic mass is 10.0. The van der Waals surface area contributed by atoms with Crippen molar-refractivity contribution in [3.8, 4) is 5.75 Å². The molecule has 184 valence electrons. The zero-order valence-corrected chi connectivity index (χ0v) is 20.5. The topological polar surface area (TPSA) is 97.6 Å². The molecular formula is C29H28N2O5. The van der Waals surface area contributed by atoms with Crippen molar-refractivity contribution in [1.29, 1.82) is 0 Å². The van der Waals surface area contributed by atoms with Crippen LogP contribution in [0.2, 0.25) is 0 Å². The summed E-state index contributed by atoms with van der Waals surface area (Å²) in [6, 6.07) is 21.6. The van der Waals surface area contributed by atoms with E-state index in [4.69, 9.17) is 9.15 Å². The lowest BCUT2D eigenvalue weighted by Crippen LogP contribution is -2.28. The summed E-state index contributed by atoms with van der Waals surface area (Å²) in [6.45, 7) is 3.74. The van der Waals surface area contributed by atoms with Gasteiger partial charge in [0.1, 0.15) is 11.3 Å². The molecule has 7 nitrogen and oxygen atoms in total. The number of aryl methyl sites for hydroxylation is 1. The molecule has 4 rings (SSSR count). The molecule has 0 aliphatic heterocycles. The molecule has 1 atom stereocenters. The van der Waals surface area contributed by atoms with Crippen LogP contribution in [0.5, 0.6) is 5.75 Å². The molecule has 0 saturated carbocycles. The molecular weight excluding hydrogens is 456 g/mol. The Hall–Kier alpha value is -4.39. The number of ether oxygens (including phenoxy) is 1. The number of benzene rings is 3. The van der Waals surface area contributed by atoms with Gasteiger partial charge in [-0.3, -0.25) is 9.59 Å². The van der Waals surface area contributed by atoms with Gasteiger partial charge < -0.3 is 19.8 Å². The zero-order chi connectivity index (χ0) is 25.7. The van der Waals surface area contributed by atoms with E-state index in [1.54, 1.807) is 43.5 Å². The number of nitrogens with one attached hydrogen (secondary N) is 2. The van der Waals surface area contributed by atoms with Crippen LogP contribution in [0.1, 0.15) is 46.4 Å². The number of carbonyl (C=O) groups excluding carboxylic acids is 2. The first-order chi connectivity index (χ1) is 17.4. The standard InChI is InChI=1S/C29H28N2O5/c1-18-22-14-13-21(35-3)17-26(22)36-29(34)23(18)15-16-27(32)31-25-12-8-7-11-24(25)28(33)30-19(2)20-9-5-4-6-10-20/h4-14,17,19H,15-16H2,1-3H3,(H,30,33)(H,31,32)/t19-/m1/s1. The maximum atomic E-state index is 12.9. The first-order valence-electron chi connectivity index (χ1n) is 11.7. The summed E-state index contributed by atoms with van der Waals surface area (Å²) in [7, 11) is 1.55. The van der Waals surface area contributed by atoms with Crippen molar-refractivity contribution in [2.45, 2.75) is 32.7 Å². The number of amides is 2. The predicted octanol–water partition coefficient (Wildman–Crippen LogP) is 5.17. The van der Waals surface area contributed by atoms with Crippen LogP contribution in [0, 0.1) is 6.92 Å². The second-order valence-electron chi connectivity index (χ2n) is 8.55. The van der Waals surface area contributed by atoms with Gasteiger partial charge in [0.15, 0.2) is 0 Å². The summed E-state index contributed by atoms with van der Waals surface area (Å²) >= 11 is 0. The summed E-state index contributed by atoms with van der Waals surface area (Å²) < 4.78 is 10.7. The van der Waals surface area contributed by atoms with Gasteiger partial charge in [0.05, 0.1) is 24.4 Å². The van der Waals surface area contributed by atoms with Crippen LogP contribution in [0.25, 0.3) is 11.0 Å². The van der Waals surface area contributed by atoms with Gasteiger partial charge >= 0.3 is 5.63 Å². The molecule has 1 aromatic heterocycles. The molecule has 0 fully saturated rings. The van der Waals surface area contributed by atoms with Crippen LogP contribution >= 0.6 is 0 Å². The van der Waals surface area contributed by atoms with E-state index >= 15 is 0 Å². The highest BCUT2D eigenvalue weighted by Crippen LogP contribution is 2.25. The number of hydrogen-bond donors (Lipinski definition) is 2. The first kappa shape index (κ1) is 24.7. The lowest BCUT2D eigenvalue weighted by molar-refractivity contribution is -0.116.